The van der Waals surface area contributed by atoms with Crippen LogP contribution >= 0.6 is 0 Å². The number of carbonyl (C=O) groups is 23. The molecule has 0 spiro atoms. The van der Waals surface area contributed by atoms with Crippen molar-refractivity contribution in [3.63, 3.8) is 0 Å². The van der Waals surface area contributed by atoms with E-state index in [1.165, 1.54) is 36.1 Å². The Morgan fingerprint density at radius 2 is 0.750 bits per heavy atom. The third kappa shape index (κ3) is 41.5. The van der Waals surface area contributed by atoms with Gasteiger partial charge in [0.05, 0.1) is 36.3 Å². The number of aliphatic carboxylic acids is 9. The number of benzene rings is 1. The lowest BCUT2D eigenvalue weighted by atomic mass is 9.88. The first-order valence-electron chi connectivity index (χ1n) is 39.2. The Bertz CT molecular complexity index is 3840. The van der Waals surface area contributed by atoms with Crippen LogP contribution in [-0.2, 0) is 117 Å². The van der Waals surface area contributed by atoms with Crippen molar-refractivity contribution in [2.24, 2.45) is 35.3 Å². The minimum absolute atomic E-state index is 0.0363. The van der Waals surface area contributed by atoms with Crippen LogP contribution in [0.3, 0.4) is 0 Å². The smallest absolute Gasteiger partial charge is 0.303 e. The van der Waals surface area contributed by atoms with Gasteiger partial charge in [-0.15, -0.1) is 0 Å². The summed E-state index contributed by atoms with van der Waals surface area (Å²) in [6.45, 7) is 6.58. The molecule has 1 saturated heterocycles. The molecule has 120 heavy (non-hydrogen) atoms. The molecule has 0 saturated carbocycles. The van der Waals surface area contributed by atoms with Crippen LogP contribution in [0, 0.1) is 29.6 Å². The van der Waals surface area contributed by atoms with Crippen molar-refractivity contribution >= 4 is 136 Å². The number of nitrogens with two attached hydrogens (primary N) is 1. The second-order valence-corrected chi connectivity index (χ2v) is 29.7. The second kappa shape index (κ2) is 54.3. The summed E-state index contributed by atoms with van der Waals surface area (Å²) in [5, 5.41) is 103. The van der Waals surface area contributed by atoms with E-state index in [0.717, 1.165) is 0 Å². The largest absolute Gasteiger partial charge is 0.481 e. The molecule has 0 radical (unpaired) electrons. The third-order valence-electron chi connectivity index (χ3n) is 19.5. The van der Waals surface area contributed by atoms with Crippen LogP contribution in [0.15, 0.2) is 24.3 Å². The van der Waals surface area contributed by atoms with Crippen LogP contribution in [-0.4, -0.2) is 261 Å². The Labute approximate surface area is 689 Å². The lowest BCUT2D eigenvalue weighted by Crippen LogP contribution is -2.53. The van der Waals surface area contributed by atoms with E-state index in [1.807, 2.05) is 13.8 Å². The Hall–Kier alpha value is -11.8. The van der Waals surface area contributed by atoms with E-state index in [9.17, 15) is 151 Å². The van der Waals surface area contributed by atoms with Gasteiger partial charge in [-0.3, -0.25) is 110 Å². The molecule has 2 rings (SSSR count). The Morgan fingerprint density at radius 3 is 1.08 bits per heavy atom. The number of carboxylic acid groups (broad SMARTS) is 9. The van der Waals surface area contributed by atoms with Gasteiger partial charge in [-0.2, -0.15) is 0 Å². The highest BCUT2D eigenvalue weighted by Crippen LogP contribution is 2.25. The first kappa shape index (κ1) is 104. The lowest BCUT2D eigenvalue weighted by Gasteiger charge is -2.27. The zero-order chi connectivity index (χ0) is 90.6. The molecule has 0 aromatic heterocycles. The molecule has 0 bridgehead atoms. The third-order valence-corrected chi connectivity index (χ3v) is 19.5. The molecule has 1 heterocycles. The predicted octanol–water partition coefficient (Wildman–Crippen LogP) is 0.292. The molecule has 666 valence electrons. The van der Waals surface area contributed by atoms with Gasteiger partial charge >= 0.3 is 53.7 Å². The molecule has 42 nitrogen and oxygen atoms in total. The average molecular weight is 1700 g/mol. The van der Waals surface area contributed by atoms with Gasteiger partial charge < -0.3 is 98.5 Å². The molecule has 1 aliphatic rings. The molecule has 12 atom stereocenters. The van der Waals surface area contributed by atoms with Crippen molar-refractivity contribution in [1.29, 1.82) is 0 Å². The number of nitrogens with zero attached hydrogens (tertiary/aromatic N) is 1. The Kier molecular flexibility index (Phi) is 47.1. The van der Waals surface area contributed by atoms with Gasteiger partial charge in [-0.1, -0.05) is 38.1 Å². The number of nitrogens with one attached hydrogen (secondary N) is 7. The van der Waals surface area contributed by atoms with E-state index in [0.29, 0.717) is 31.4 Å². The number of amides is 8. The van der Waals surface area contributed by atoms with Crippen molar-refractivity contribution in [3.05, 3.63) is 35.4 Å². The highest BCUT2D eigenvalue weighted by molar-refractivity contribution is 6.00. The van der Waals surface area contributed by atoms with Gasteiger partial charge in [0, 0.05) is 139 Å². The van der Waals surface area contributed by atoms with E-state index >= 15 is 0 Å². The minimum atomic E-state index is -2.03. The van der Waals surface area contributed by atoms with E-state index in [4.69, 9.17) is 15.6 Å². The Balaban J connectivity index is 2.57. The number of ketones is 6. The molecule has 1 aliphatic heterocycles. The summed E-state index contributed by atoms with van der Waals surface area (Å²) < 4.78 is 5.65. The SMILES string of the molecule is CCNC(=O)[C@H](CC(C)C)NC(=O)[C@@H]1CCCN1C(=O)COCCCC(=O)[C@H](Cc1ccc(C(C)=O)cc1)NC(=O)[C@@H](CCC(=O)O)CC(=O)[C@@H](CCC(=O)O)NC(=O)[C@@H](CCC(=O)O)CC(=O)[C@@H](CCC(=O)O)NC(=O)[C@@H](CCC(=O)O)CC(=O)[C@@H](CCC(=O)O)NC(=O)[C@@H](CCC(=O)O)CC(=O)[C@@H](CCC(=O)O)NC(=O)[C@H](N)CCC(=O)O. The number of carbonyl (C=O) groups excluding carboxylic acids is 14. The first-order valence-corrected chi connectivity index (χ1v) is 39.2. The zero-order valence-electron chi connectivity index (χ0n) is 67.3. The van der Waals surface area contributed by atoms with Gasteiger partial charge in [0.2, 0.25) is 47.3 Å². The predicted molar refractivity (Wildman–Crippen MR) is 412 cm³/mol. The quantitative estimate of drug-likeness (QED) is 0.0308. The van der Waals surface area contributed by atoms with Crippen LogP contribution in [0.4, 0.5) is 0 Å². The fourth-order valence-electron chi connectivity index (χ4n) is 12.9. The van der Waals surface area contributed by atoms with Crippen LogP contribution in [0.1, 0.15) is 217 Å². The topological polar surface area (TPSA) is 697 Å². The van der Waals surface area contributed by atoms with Crippen molar-refractivity contribution in [2.45, 2.75) is 256 Å². The monoisotopic (exact) mass is 1700 g/mol. The highest BCUT2D eigenvalue weighted by atomic mass is 16.5. The number of rotatable bonds is 65. The molecule has 8 amide bonds. The van der Waals surface area contributed by atoms with Crippen molar-refractivity contribution in [2.75, 3.05) is 26.3 Å². The van der Waals surface area contributed by atoms with Crippen molar-refractivity contribution < 1.29 is 161 Å². The number of ether oxygens (including phenoxy) is 1. The van der Waals surface area contributed by atoms with Crippen molar-refractivity contribution in [3.8, 4) is 0 Å². The van der Waals surface area contributed by atoms with Crippen LogP contribution in [0.25, 0.3) is 0 Å². The zero-order valence-corrected chi connectivity index (χ0v) is 67.3. The van der Waals surface area contributed by atoms with E-state index in [-0.39, 0.29) is 55.6 Å². The van der Waals surface area contributed by atoms with Gasteiger partial charge in [0.15, 0.2) is 34.7 Å². The normalized spacial score (nSPS) is 15.1. The summed E-state index contributed by atoms with van der Waals surface area (Å²) in [5.41, 5.74) is 6.44. The Morgan fingerprint density at radius 1 is 0.417 bits per heavy atom. The average Bonchev–Trinajstić information content (AvgIpc) is 1.65. The highest BCUT2D eigenvalue weighted by Gasteiger charge is 2.40. The summed E-state index contributed by atoms with van der Waals surface area (Å²) in [4.78, 5) is 302. The maximum absolute atomic E-state index is 14.5. The molecule has 1 aromatic carbocycles. The first-order chi connectivity index (χ1) is 56.3. The van der Waals surface area contributed by atoms with Gasteiger partial charge in [-0.25, -0.2) is 0 Å². The molecule has 1 fully saturated rings. The van der Waals surface area contributed by atoms with Crippen LogP contribution < -0.4 is 43.0 Å². The molecule has 0 unspecified atom stereocenters. The molecular weight excluding hydrogens is 1590 g/mol. The fraction of sp³-hybridized carbons (Fsp3) is 0.628. The molecule has 18 N–H and O–H groups in total. The number of carboxylic acids is 9. The number of likely N-dealkylation sites (N-methyl/N-ethyl adjacent to an activating group) is 1. The number of Topliss-reactive ketones (excluding diaryl/α,β-unsaturated/α-hetero) is 6. The van der Waals surface area contributed by atoms with E-state index in [2.05, 4.69) is 37.2 Å². The number of hydrogen-bond donors (Lipinski definition) is 17. The number of hydrogen-bond acceptors (Lipinski definition) is 25. The van der Waals surface area contributed by atoms with Gasteiger partial charge in [-0.05, 0) is 115 Å². The second-order valence-electron chi connectivity index (χ2n) is 29.7. The summed E-state index contributed by atoms with van der Waals surface area (Å²) in [7, 11) is 0. The standard InChI is InChI=1S/C78H111N9O33/c1-5-80-77(118)55(34-41(2)3)86-78(119)56-8-6-32-87(56)62(94)40-120-33-7-9-57(89)54(35-43-10-12-44(13-11-43)42(4)88)85-75(116)48(17-26-66(101)102)39-60(92)52(21-30-70(109)110)83-73(114)46(15-24-64(97)98)37-58(90)50(19-28-68(105)106)81-72(113)45(14-23-63(95)96)36-59(91)51(20-29-69(107)108)82-74(115)47(16-25-65(99)100)38-61(93)53(22-31-71(111)112)84-76(117)49(79)18-27-67(103)104/h10-13,41,45-56H,5-9,14-40,79H2,1-4H3,(H,80,118)(H,81,113)(H,82,115)(H,83,114)(H,84,117)(H,85,116)(H,86,119)(H,95,96)(H,97,98)(H,99,100)(H,101,102)(H,103,104)(H,105,106)(H,107,108)(H,109,110)(H,111,112)/t45-,46-,47-,48-,49+,50+,51+,52+,53+,54-,55-,56-/m0/s1. The lowest BCUT2D eigenvalue weighted by molar-refractivity contribution is -0.142. The maximum atomic E-state index is 14.5. The van der Waals surface area contributed by atoms with Crippen LogP contribution in [0.2, 0.25) is 0 Å². The van der Waals surface area contributed by atoms with E-state index < -0.39 is 344 Å². The molecule has 1 aromatic rings. The fourth-order valence-corrected chi connectivity index (χ4v) is 12.9. The van der Waals surface area contributed by atoms with E-state index in [1.54, 1.807) is 6.92 Å². The van der Waals surface area contributed by atoms with Gasteiger partial charge in [0.25, 0.3) is 0 Å². The summed E-state index contributed by atoms with van der Waals surface area (Å²) in [5.74, 6) is -34.4. The van der Waals surface area contributed by atoms with Crippen molar-refractivity contribution in [1.82, 2.24) is 42.1 Å². The van der Waals surface area contributed by atoms with Gasteiger partial charge in [0.1, 0.15) is 18.7 Å². The summed E-state index contributed by atoms with van der Waals surface area (Å²) in [6, 6.07) is -6.60. The molecule has 0 aliphatic carbocycles. The minimum Gasteiger partial charge on any atom is -0.481 e. The summed E-state index contributed by atoms with van der Waals surface area (Å²) in [6.07, 6.45) is -17.9. The maximum Gasteiger partial charge on any atom is 0.303 e. The molecular formula is C78H111N9O33. The van der Waals surface area contributed by atoms with Crippen LogP contribution in [0.5, 0.6) is 0 Å². The number of likely N-dealkylation sites (tertiary alicyclic amines) is 1. The summed E-state index contributed by atoms with van der Waals surface area (Å²) >= 11 is 0. The molecule has 42 heteroatoms.